The average Bonchev–Trinajstić information content (AvgIpc) is 3.21. The Balaban J connectivity index is 1.44. The van der Waals surface area contributed by atoms with Crippen molar-refractivity contribution in [1.82, 2.24) is 15.0 Å². The molecule has 6 nitrogen and oxygen atoms in total. The average molecular weight is 431 g/mol. The minimum Gasteiger partial charge on any atom is -0.339 e. The molecule has 2 heterocycles. The minimum atomic E-state index is -0.188. The summed E-state index contributed by atoms with van der Waals surface area (Å²) in [6.07, 6.45) is 1.76. The Hall–Kier alpha value is -2.57. The molecule has 0 radical (unpaired) electrons. The summed E-state index contributed by atoms with van der Waals surface area (Å²) in [6, 6.07) is 12.8. The van der Waals surface area contributed by atoms with Crippen molar-refractivity contribution in [2.45, 2.75) is 25.7 Å². The summed E-state index contributed by atoms with van der Waals surface area (Å²) in [7, 11) is 0. The van der Waals surface area contributed by atoms with E-state index in [0.717, 1.165) is 24.0 Å². The Kier molecular flexibility index (Phi) is 5.74. The van der Waals surface area contributed by atoms with Gasteiger partial charge in [0.25, 0.3) is 0 Å². The third kappa shape index (κ3) is 4.54. The minimum absolute atomic E-state index is 0.00867. The fourth-order valence-electron chi connectivity index (χ4n) is 3.44. The first-order valence-corrected chi connectivity index (χ1v) is 10.2. The number of carbonyl (C=O) groups is 1. The van der Waals surface area contributed by atoms with Gasteiger partial charge in [-0.2, -0.15) is 4.98 Å². The highest BCUT2D eigenvalue weighted by Crippen LogP contribution is 2.29. The fourth-order valence-corrected chi connectivity index (χ4v) is 3.74. The molecule has 0 spiro atoms. The van der Waals surface area contributed by atoms with Gasteiger partial charge in [0.2, 0.25) is 11.7 Å². The molecule has 29 heavy (non-hydrogen) atoms. The molecule has 1 aromatic heterocycles. The SMILES string of the molecule is Cc1cccc(-c2noc(C3CCCN(C(=O)Nc4ccc(Cl)c(Cl)c4)C3)n2)c1. The third-order valence-electron chi connectivity index (χ3n) is 4.95. The standard InChI is InChI=1S/C21H20Cl2N4O2/c1-13-4-2-5-14(10-13)19-25-20(29-26-19)15-6-3-9-27(12-15)21(28)24-16-7-8-17(22)18(23)11-16/h2,4-5,7-8,10-11,15H,3,6,9,12H2,1H3,(H,24,28). The number of nitrogens with zero attached hydrogens (tertiary/aromatic N) is 3. The molecule has 4 rings (SSSR count). The molecule has 0 aliphatic carbocycles. The van der Waals surface area contributed by atoms with E-state index in [1.165, 1.54) is 0 Å². The summed E-state index contributed by atoms with van der Waals surface area (Å²) in [6.45, 7) is 3.21. The number of aryl methyl sites for hydroxylation is 1. The molecular weight excluding hydrogens is 411 g/mol. The summed E-state index contributed by atoms with van der Waals surface area (Å²) in [4.78, 5) is 19.0. The van der Waals surface area contributed by atoms with Gasteiger partial charge in [-0.15, -0.1) is 0 Å². The number of hydrogen-bond acceptors (Lipinski definition) is 4. The molecule has 1 fully saturated rings. The normalized spacial score (nSPS) is 16.7. The van der Waals surface area contributed by atoms with Crippen LogP contribution in [0.25, 0.3) is 11.4 Å². The number of nitrogens with one attached hydrogen (secondary N) is 1. The van der Waals surface area contributed by atoms with Crippen molar-refractivity contribution in [2.24, 2.45) is 0 Å². The smallest absolute Gasteiger partial charge is 0.321 e. The van der Waals surface area contributed by atoms with E-state index in [-0.39, 0.29) is 11.9 Å². The number of likely N-dealkylation sites (tertiary alicyclic amines) is 1. The van der Waals surface area contributed by atoms with Crippen LogP contribution in [-0.4, -0.2) is 34.2 Å². The molecule has 1 N–H and O–H groups in total. The number of rotatable bonds is 3. The number of anilines is 1. The van der Waals surface area contributed by atoms with Crippen molar-refractivity contribution >= 4 is 34.9 Å². The van der Waals surface area contributed by atoms with Gasteiger partial charge in [-0.05, 0) is 44.0 Å². The Morgan fingerprint density at radius 2 is 2.07 bits per heavy atom. The monoisotopic (exact) mass is 430 g/mol. The lowest BCUT2D eigenvalue weighted by Gasteiger charge is -2.31. The van der Waals surface area contributed by atoms with Gasteiger partial charge >= 0.3 is 6.03 Å². The zero-order valence-corrected chi connectivity index (χ0v) is 17.4. The number of aromatic nitrogens is 2. The summed E-state index contributed by atoms with van der Waals surface area (Å²) in [5.74, 6) is 1.14. The van der Waals surface area contributed by atoms with Crippen LogP contribution in [0.2, 0.25) is 10.0 Å². The number of urea groups is 1. The van der Waals surface area contributed by atoms with Crippen LogP contribution >= 0.6 is 23.2 Å². The van der Waals surface area contributed by atoms with Crippen molar-refractivity contribution in [2.75, 3.05) is 18.4 Å². The highest BCUT2D eigenvalue weighted by Gasteiger charge is 2.29. The molecule has 0 saturated carbocycles. The van der Waals surface area contributed by atoms with Crippen LogP contribution in [-0.2, 0) is 0 Å². The molecule has 1 saturated heterocycles. The van der Waals surface area contributed by atoms with Gasteiger partial charge in [0.05, 0.1) is 16.0 Å². The van der Waals surface area contributed by atoms with E-state index in [1.807, 2.05) is 31.2 Å². The van der Waals surface area contributed by atoms with Gasteiger partial charge in [0.15, 0.2) is 0 Å². The number of piperidine rings is 1. The molecule has 1 aliphatic rings. The van der Waals surface area contributed by atoms with Crippen LogP contribution in [0.1, 0.15) is 30.2 Å². The van der Waals surface area contributed by atoms with E-state index in [2.05, 4.69) is 15.5 Å². The van der Waals surface area contributed by atoms with Crippen LogP contribution < -0.4 is 5.32 Å². The fraction of sp³-hybridized carbons (Fsp3) is 0.286. The molecule has 1 atom stereocenters. The van der Waals surface area contributed by atoms with Crippen LogP contribution in [0.5, 0.6) is 0 Å². The van der Waals surface area contributed by atoms with Gasteiger partial charge in [0.1, 0.15) is 0 Å². The topological polar surface area (TPSA) is 71.3 Å². The van der Waals surface area contributed by atoms with Gasteiger partial charge in [0, 0.05) is 24.3 Å². The van der Waals surface area contributed by atoms with Crippen molar-refractivity contribution in [3.05, 3.63) is 64.0 Å². The summed E-state index contributed by atoms with van der Waals surface area (Å²) < 4.78 is 5.52. The predicted octanol–water partition coefficient (Wildman–Crippen LogP) is 5.76. The molecule has 1 unspecified atom stereocenters. The number of amides is 2. The van der Waals surface area contributed by atoms with Crippen LogP contribution in [0.4, 0.5) is 10.5 Å². The van der Waals surface area contributed by atoms with Crippen LogP contribution in [0.3, 0.4) is 0 Å². The lowest BCUT2D eigenvalue weighted by atomic mass is 9.98. The van der Waals surface area contributed by atoms with Gasteiger partial charge in [-0.25, -0.2) is 4.79 Å². The van der Waals surface area contributed by atoms with Crippen molar-refractivity contribution < 1.29 is 9.32 Å². The van der Waals surface area contributed by atoms with Crippen molar-refractivity contribution in [3.8, 4) is 11.4 Å². The Labute approximate surface area is 178 Å². The predicted molar refractivity (Wildman–Crippen MR) is 113 cm³/mol. The maximum atomic E-state index is 12.7. The molecular formula is C21H20Cl2N4O2. The Morgan fingerprint density at radius 1 is 1.21 bits per heavy atom. The lowest BCUT2D eigenvalue weighted by Crippen LogP contribution is -2.41. The second kappa shape index (κ2) is 8.43. The van der Waals surface area contributed by atoms with E-state index in [4.69, 9.17) is 27.7 Å². The summed E-state index contributed by atoms with van der Waals surface area (Å²) >= 11 is 12.0. The number of benzene rings is 2. The number of halogens is 2. The molecule has 8 heteroatoms. The Bertz CT molecular complexity index is 1040. The van der Waals surface area contributed by atoms with E-state index >= 15 is 0 Å². The summed E-state index contributed by atoms with van der Waals surface area (Å²) in [5.41, 5.74) is 2.66. The zero-order valence-electron chi connectivity index (χ0n) is 15.9. The molecule has 2 amide bonds. The first-order chi connectivity index (χ1) is 14.0. The van der Waals surface area contributed by atoms with E-state index in [0.29, 0.717) is 40.5 Å². The van der Waals surface area contributed by atoms with E-state index < -0.39 is 0 Å². The number of carbonyl (C=O) groups excluding carboxylic acids is 1. The lowest BCUT2D eigenvalue weighted by molar-refractivity contribution is 0.184. The van der Waals surface area contributed by atoms with Gasteiger partial charge < -0.3 is 14.7 Å². The first-order valence-electron chi connectivity index (χ1n) is 9.41. The highest BCUT2D eigenvalue weighted by molar-refractivity contribution is 6.42. The molecule has 1 aliphatic heterocycles. The highest BCUT2D eigenvalue weighted by atomic mass is 35.5. The third-order valence-corrected chi connectivity index (χ3v) is 5.69. The maximum absolute atomic E-state index is 12.7. The van der Waals surface area contributed by atoms with Crippen molar-refractivity contribution in [3.63, 3.8) is 0 Å². The number of hydrogen-bond donors (Lipinski definition) is 1. The zero-order chi connectivity index (χ0) is 20.4. The molecule has 0 bridgehead atoms. The quantitative estimate of drug-likeness (QED) is 0.572. The van der Waals surface area contributed by atoms with Crippen LogP contribution in [0.15, 0.2) is 47.0 Å². The second-order valence-electron chi connectivity index (χ2n) is 7.17. The molecule has 150 valence electrons. The molecule has 2 aromatic carbocycles. The van der Waals surface area contributed by atoms with Gasteiger partial charge in [-0.3, -0.25) is 0 Å². The van der Waals surface area contributed by atoms with Crippen molar-refractivity contribution in [1.29, 1.82) is 0 Å². The van der Waals surface area contributed by atoms with Gasteiger partial charge in [-0.1, -0.05) is 52.1 Å². The summed E-state index contributed by atoms with van der Waals surface area (Å²) in [5, 5.41) is 7.84. The molecule has 3 aromatic rings. The maximum Gasteiger partial charge on any atom is 0.321 e. The Morgan fingerprint density at radius 3 is 2.86 bits per heavy atom. The largest absolute Gasteiger partial charge is 0.339 e. The second-order valence-corrected chi connectivity index (χ2v) is 7.98. The van der Waals surface area contributed by atoms with E-state index in [9.17, 15) is 4.79 Å². The first kappa shape index (κ1) is 19.7. The van der Waals surface area contributed by atoms with E-state index in [1.54, 1.807) is 23.1 Å². The van der Waals surface area contributed by atoms with Crippen LogP contribution in [0, 0.1) is 6.92 Å².